The maximum absolute atomic E-state index is 13.5. The standard InChI is InChI=1S/C44H36O10/c1-43(2,3)21-7-11-23(12-8-21)53-37-35-27-17-20-29(40(47)48)32-28(39(45)46)18-15-25(31(27)32)26-16-19-30(41(49)50)34(33(26)35)36(42(51)52)38(37)54-24-13-9-22(10-14-24)44(4,5)6/h7-20H,1-6H3,(H,45,46)(H,47,48)(H,49,50)(H,51,52). The second-order valence-electron chi connectivity index (χ2n) is 15.4. The summed E-state index contributed by atoms with van der Waals surface area (Å²) in [5, 5.41) is 43.5. The summed E-state index contributed by atoms with van der Waals surface area (Å²) >= 11 is 0. The van der Waals surface area contributed by atoms with Crippen molar-refractivity contribution < 1.29 is 49.1 Å². The molecule has 0 amide bonds. The van der Waals surface area contributed by atoms with Gasteiger partial charge in [-0.1, -0.05) is 84.0 Å². The predicted molar refractivity (Wildman–Crippen MR) is 206 cm³/mol. The van der Waals surface area contributed by atoms with Gasteiger partial charge in [-0.05, 0) is 86.0 Å². The van der Waals surface area contributed by atoms with E-state index in [4.69, 9.17) is 9.47 Å². The van der Waals surface area contributed by atoms with Gasteiger partial charge < -0.3 is 29.9 Å². The molecule has 0 spiro atoms. The first-order chi connectivity index (χ1) is 25.4. The molecule has 0 heterocycles. The smallest absolute Gasteiger partial charge is 0.340 e. The van der Waals surface area contributed by atoms with Gasteiger partial charge in [-0.15, -0.1) is 0 Å². The first-order valence-corrected chi connectivity index (χ1v) is 17.2. The molecule has 0 fully saturated rings. The number of benzene rings is 7. The summed E-state index contributed by atoms with van der Waals surface area (Å²) in [4.78, 5) is 51.5. The summed E-state index contributed by atoms with van der Waals surface area (Å²) in [5.74, 6) is -5.38. The third kappa shape index (κ3) is 5.76. The van der Waals surface area contributed by atoms with Gasteiger partial charge in [-0.25, -0.2) is 19.2 Å². The molecule has 4 N–H and O–H groups in total. The summed E-state index contributed by atoms with van der Waals surface area (Å²) in [6, 6.07) is 22.7. The normalized spacial score (nSPS) is 12.1. The third-order valence-corrected chi connectivity index (χ3v) is 9.87. The van der Waals surface area contributed by atoms with Crippen molar-refractivity contribution in [3.05, 3.63) is 118 Å². The van der Waals surface area contributed by atoms with Crippen LogP contribution in [0.3, 0.4) is 0 Å². The summed E-state index contributed by atoms with van der Waals surface area (Å²) in [7, 11) is 0. The number of ether oxygens (including phenoxy) is 2. The first-order valence-electron chi connectivity index (χ1n) is 17.2. The molecule has 10 nitrogen and oxygen atoms in total. The minimum atomic E-state index is -1.48. The van der Waals surface area contributed by atoms with Gasteiger partial charge >= 0.3 is 23.9 Å². The van der Waals surface area contributed by atoms with Crippen molar-refractivity contribution in [3.8, 4) is 23.0 Å². The Kier molecular flexibility index (Phi) is 8.25. The van der Waals surface area contributed by atoms with E-state index in [9.17, 15) is 39.6 Å². The fraction of sp³-hybridized carbons (Fsp3) is 0.182. The number of carbonyl (C=O) groups is 4. The van der Waals surface area contributed by atoms with Crippen LogP contribution in [0.15, 0.2) is 84.9 Å². The van der Waals surface area contributed by atoms with Crippen LogP contribution < -0.4 is 9.47 Å². The molecule has 0 aliphatic carbocycles. The minimum absolute atomic E-state index is 0.0471. The molecule has 54 heavy (non-hydrogen) atoms. The largest absolute Gasteiger partial charge is 0.478 e. The van der Waals surface area contributed by atoms with Crippen LogP contribution in [0.1, 0.15) is 94.1 Å². The fourth-order valence-electron chi connectivity index (χ4n) is 7.20. The third-order valence-electron chi connectivity index (χ3n) is 9.87. The van der Waals surface area contributed by atoms with Gasteiger partial charge in [-0.3, -0.25) is 0 Å². The molecule has 0 atom stereocenters. The molecule has 272 valence electrons. The Morgan fingerprint density at radius 1 is 0.407 bits per heavy atom. The highest BCUT2D eigenvalue weighted by atomic mass is 16.5. The first kappa shape index (κ1) is 35.7. The zero-order valence-corrected chi connectivity index (χ0v) is 30.3. The second-order valence-corrected chi connectivity index (χ2v) is 15.4. The topological polar surface area (TPSA) is 168 Å². The predicted octanol–water partition coefficient (Wildman–Crippen LogP) is 10.7. The maximum Gasteiger partial charge on any atom is 0.340 e. The van der Waals surface area contributed by atoms with Gasteiger partial charge in [0, 0.05) is 21.5 Å². The van der Waals surface area contributed by atoms with E-state index in [-0.39, 0.29) is 71.7 Å². The zero-order chi connectivity index (χ0) is 39.0. The lowest BCUT2D eigenvalue weighted by Crippen LogP contribution is -2.11. The average Bonchev–Trinajstić information content (AvgIpc) is 3.09. The molecule has 0 bridgehead atoms. The number of rotatable bonds is 8. The lowest BCUT2D eigenvalue weighted by Gasteiger charge is -2.24. The summed E-state index contributed by atoms with van der Waals surface area (Å²) in [6.45, 7) is 12.3. The van der Waals surface area contributed by atoms with Gasteiger partial charge in [-0.2, -0.15) is 0 Å². The number of carboxylic acid groups (broad SMARTS) is 4. The molecule has 7 rings (SSSR count). The number of hydrogen-bond acceptors (Lipinski definition) is 6. The van der Waals surface area contributed by atoms with Crippen LogP contribution >= 0.6 is 0 Å². The van der Waals surface area contributed by atoms with E-state index < -0.39 is 29.4 Å². The highest BCUT2D eigenvalue weighted by Crippen LogP contribution is 2.53. The molecule has 10 heteroatoms. The van der Waals surface area contributed by atoms with Gasteiger partial charge in [0.1, 0.15) is 17.1 Å². The van der Waals surface area contributed by atoms with E-state index in [2.05, 4.69) is 20.8 Å². The van der Waals surface area contributed by atoms with E-state index in [0.717, 1.165) is 11.1 Å². The zero-order valence-electron chi connectivity index (χ0n) is 30.3. The van der Waals surface area contributed by atoms with Crippen molar-refractivity contribution in [1.82, 2.24) is 0 Å². The van der Waals surface area contributed by atoms with Crippen LogP contribution in [0.2, 0.25) is 0 Å². The molecule has 0 aliphatic heterocycles. The summed E-state index contributed by atoms with van der Waals surface area (Å²) in [6.07, 6.45) is 0. The molecular weight excluding hydrogens is 688 g/mol. The van der Waals surface area contributed by atoms with Crippen LogP contribution in [0, 0.1) is 0 Å². The van der Waals surface area contributed by atoms with Gasteiger partial charge in [0.25, 0.3) is 0 Å². The van der Waals surface area contributed by atoms with E-state index in [1.807, 2.05) is 45.0 Å². The van der Waals surface area contributed by atoms with Crippen molar-refractivity contribution in [1.29, 1.82) is 0 Å². The van der Waals surface area contributed by atoms with Gasteiger partial charge in [0.15, 0.2) is 11.5 Å². The van der Waals surface area contributed by atoms with E-state index in [0.29, 0.717) is 21.9 Å². The monoisotopic (exact) mass is 724 g/mol. The molecule has 7 aromatic carbocycles. The van der Waals surface area contributed by atoms with E-state index >= 15 is 0 Å². The Labute approximate surface area is 309 Å². The van der Waals surface area contributed by atoms with Crippen LogP contribution in [-0.4, -0.2) is 44.3 Å². The Morgan fingerprint density at radius 3 is 1.20 bits per heavy atom. The van der Waals surface area contributed by atoms with Gasteiger partial charge in [0.05, 0.1) is 16.7 Å². The number of carboxylic acids is 4. The molecule has 0 aromatic heterocycles. The Hall–Kier alpha value is -6.68. The maximum atomic E-state index is 13.5. The van der Waals surface area contributed by atoms with Crippen molar-refractivity contribution in [2.24, 2.45) is 0 Å². The Bertz CT molecular complexity index is 2690. The number of hydrogen-bond donors (Lipinski definition) is 4. The Balaban J connectivity index is 1.71. The van der Waals surface area contributed by atoms with Gasteiger partial charge in [0.2, 0.25) is 0 Å². The van der Waals surface area contributed by atoms with Crippen LogP contribution in [0.4, 0.5) is 0 Å². The minimum Gasteiger partial charge on any atom is -0.478 e. The molecule has 0 unspecified atom stereocenters. The summed E-state index contributed by atoms with van der Waals surface area (Å²) in [5.41, 5.74) is 0.313. The van der Waals surface area contributed by atoms with E-state index in [1.165, 1.54) is 36.4 Å². The highest BCUT2D eigenvalue weighted by Gasteiger charge is 2.33. The number of aromatic carboxylic acids is 4. The second kappa shape index (κ2) is 12.5. The van der Waals surface area contributed by atoms with Crippen molar-refractivity contribution >= 4 is 67.0 Å². The lowest BCUT2D eigenvalue weighted by molar-refractivity contribution is 0.0680. The SMILES string of the molecule is CC(C)(C)c1ccc(Oc2c(C(=O)O)c3c(C(=O)O)ccc4c5ccc(C(=O)O)c6c(C(=O)O)ccc(c(c2Oc2ccc(C(C)(C)C)cc2)c34)c65)cc1. The van der Waals surface area contributed by atoms with Crippen LogP contribution in [-0.2, 0) is 10.8 Å². The van der Waals surface area contributed by atoms with E-state index in [1.54, 1.807) is 24.3 Å². The van der Waals surface area contributed by atoms with Crippen molar-refractivity contribution in [3.63, 3.8) is 0 Å². The molecule has 7 aromatic rings. The van der Waals surface area contributed by atoms with Crippen molar-refractivity contribution in [2.45, 2.75) is 52.4 Å². The van der Waals surface area contributed by atoms with Crippen LogP contribution in [0.25, 0.3) is 43.1 Å². The summed E-state index contributed by atoms with van der Waals surface area (Å²) < 4.78 is 13.2. The lowest BCUT2D eigenvalue weighted by atomic mass is 9.83. The molecule has 0 aliphatic rings. The molecule has 0 saturated carbocycles. The molecular formula is C44H36O10. The average molecular weight is 725 g/mol. The fourth-order valence-corrected chi connectivity index (χ4v) is 7.20. The number of fused-ring (bicyclic) bond motifs is 2. The Morgan fingerprint density at radius 2 is 0.796 bits per heavy atom. The highest BCUT2D eigenvalue weighted by molar-refractivity contribution is 6.39. The van der Waals surface area contributed by atoms with Crippen molar-refractivity contribution in [2.75, 3.05) is 0 Å². The van der Waals surface area contributed by atoms with Crippen LogP contribution in [0.5, 0.6) is 23.0 Å². The quantitative estimate of drug-likeness (QED) is 0.0874. The molecule has 0 radical (unpaired) electrons. The molecule has 0 saturated heterocycles.